The first-order valence-electron chi connectivity index (χ1n) is 4.84. The van der Waals surface area contributed by atoms with E-state index in [0.717, 1.165) is 17.5 Å². The van der Waals surface area contributed by atoms with Gasteiger partial charge in [-0.05, 0) is 12.5 Å². The Labute approximate surface area is 98.2 Å². The molecule has 0 aliphatic carbocycles. The van der Waals surface area contributed by atoms with E-state index in [0.29, 0.717) is 5.52 Å². The van der Waals surface area contributed by atoms with Gasteiger partial charge in [0.15, 0.2) is 0 Å². The minimum absolute atomic E-state index is 0.0713. The van der Waals surface area contributed by atoms with Gasteiger partial charge in [-0.1, -0.05) is 19.1 Å². The number of hydrogen-bond acceptors (Lipinski definition) is 3. The molecule has 0 amide bonds. The molecule has 1 aromatic heterocycles. The predicted octanol–water partition coefficient (Wildman–Crippen LogP) is 2.06. The number of rotatable bonds is 2. The van der Waals surface area contributed by atoms with Gasteiger partial charge in [0.1, 0.15) is 10.4 Å². The predicted molar refractivity (Wildman–Crippen MR) is 63.1 cm³/mol. The van der Waals surface area contributed by atoms with Gasteiger partial charge < -0.3 is 0 Å². The van der Waals surface area contributed by atoms with Crippen LogP contribution in [0.15, 0.2) is 23.1 Å². The van der Waals surface area contributed by atoms with Gasteiger partial charge in [-0.2, -0.15) is 5.10 Å². The van der Waals surface area contributed by atoms with Gasteiger partial charge in [-0.25, -0.2) is 8.42 Å². The Balaban J connectivity index is 2.91. The summed E-state index contributed by atoms with van der Waals surface area (Å²) < 4.78 is 24.4. The Hall–Kier alpha value is -1.07. The Bertz CT molecular complexity index is 646. The zero-order valence-corrected chi connectivity index (χ0v) is 10.5. The van der Waals surface area contributed by atoms with Crippen molar-refractivity contribution in [1.29, 1.82) is 0 Å². The van der Waals surface area contributed by atoms with E-state index in [1.807, 2.05) is 13.0 Å². The van der Waals surface area contributed by atoms with Crippen LogP contribution in [-0.4, -0.2) is 18.2 Å². The molecule has 0 saturated heterocycles. The lowest BCUT2D eigenvalue weighted by Crippen LogP contribution is -1.96. The highest BCUT2D eigenvalue weighted by Gasteiger charge is 2.18. The van der Waals surface area contributed by atoms with Gasteiger partial charge in [0.2, 0.25) is 0 Å². The lowest BCUT2D eigenvalue weighted by molar-refractivity contribution is 0.610. The number of nitrogens with zero attached hydrogens (tertiary/aromatic N) is 2. The largest absolute Gasteiger partial charge is 0.271 e. The molecule has 0 radical (unpaired) electrons. The molecule has 0 bridgehead atoms. The summed E-state index contributed by atoms with van der Waals surface area (Å²) in [6.45, 7) is 2.00. The molecule has 86 valence electrons. The Morgan fingerprint density at radius 3 is 2.69 bits per heavy atom. The number of halogens is 1. The molecule has 16 heavy (non-hydrogen) atoms. The molecule has 1 heterocycles. The van der Waals surface area contributed by atoms with Crippen LogP contribution in [0, 0.1) is 0 Å². The highest BCUT2D eigenvalue weighted by atomic mass is 35.7. The second kappa shape index (κ2) is 3.75. The van der Waals surface area contributed by atoms with E-state index in [1.54, 1.807) is 17.8 Å². The summed E-state index contributed by atoms with van der Waals surface area (Å²) in [5.74, 6) is 0. The standard InChI is InChI=1S/C10H11ClN2O2S/c1-3-8-7-5-4-6-9(16(11,14)15)10(7)12-13(8)2/h4-6H,3H2,1-2H3. The average Bonchev–Trinajstić information content (AvgIpc) is 2.50. The van der Waals surface area contributed by atoms with Crippen molar-refractivity contribution in [2.45, 2.75) is 18.2 Å². The van der Waals surface area contributed by atoms with E-state index in [1.165, 1.54) is 6.07 Å². The fraction of sp³-hybridized carbons (Fsp3) is 0.300. The van der Waals surface area contributed by atoms with Gasteiger partial charge in [-0.15, -0.1) is 0 Å². The summed E-state index contributed by atoms with van der Waals surface area (Å²) in [7, 11) is 3.42. The smallest absolute Gasteiger partial charge is 0.263 e. The highest BCUT2D eigenvalue weighted by molar-refractivity contribution is 8.14. The second-order valence-electron chi connectivity index (χ2n) is 3.51. The van der Waals surface area contributed by atoms with Crippen LogP contribution in [0.3, 0.4) is 0 Å². The molecule has 0 unspecified atom stereocenters. The van der Waals surface area contributed by atoms with Crippen LogP contribution in [-0.2, 0) is 22.5 Å². The molecule has 0 fully saturated rings. The maximum absolute atomic E-state index is 11.4. The number of fused-ring (bicyclic) bond motifs is 1. The number of aromatic nitrogens is 2. The van der Waals surface area contributed by atoms with E-state index in [2.05, 4.69) is 5.10 Å². The third kappa shape index (κ3) is 1.70. The molecule has 6 heteroatoms. The summed E-state index contributed by atoms with van der Waals surface area (Å²) in [5, 5.41) is 5.04. The van der Waals surface area contributed by atoms with E-state index in [4.69, 9.17) is 10.7 Å². The van der Waals surface area contributed by atoms with Crippen molar-refractivity contribution in [3.05, 3.63) is 23.9 Å². The first kappa shape index (κ1) is 11.4. The van der Waals surface area contributed by atoms with Gasteiger partial charge >= 0.3 is 0 Å². The lowest BCUT2D eigenvalue weighted by atomic mass is 10.2. The minimum Gasteiger partial charge on any atom is -0.271 e. The van der Waals surface area contributed by atoms with E-state index in [9.17, 15) is 8.42 Å². The van der Waals surface area contributed by atoms with Crippen LogP contribution in [0.2, 0.25) is 0 Å². The molecular weight excluding hydrogens is 248 g/mol. The van der Waals surface area contributed by atoms with Crippen LogP contribution in [0.4, 0.5) is 0 Å². The van der Waals surface area contributed by atoms with Crippen LogP contribution in [0.25, 0.3) is 10.9 Å². The van der Waals surface area contributed by atoms with E-state index >= 15 is 0 Å². The molecule has 0 saturated carbocycles. The SMILES string of the molecule is CCc1c2cccc(S(=O)(=O)Cl)c2nn1C. The summed E-state index contributed by atoms with van der Waals surface area (Å²) in [6.07, 6.45) is 0.790. The molecule has 2 rings (SSSR count). The normalized spacial score (nSPS) is 12.2. The highest BCUT2D eigenvalue weighted by Crippen LogP contribution is 2.27. The number of benzene rings is 1. The molecule has 0 spiro atoms. The Kier molecular flexibility index (Phi) is 2.67. The Morgan fingerprint density at radius 2 is 2.12 bits per heavy atom. The van der Waals surface area contributed by atoms with Crippen molar-refractivity contribution in [1.82, 2.24) is 9.78 Å². The van der Waals surface area contributed by atoms with Crippen molar-refractivity contribution >= 4 is 30.6 Å². The average molecular weight is 259 g/mol. The van der Waals surface area contributed by atoms with Crippen molar-refractivity contribution in [2.75, 3.05) is 0 Å². The van der Waals surface area contributed by atoms with Gasteiger partial charge in [-0.3, -0.25) is 4.68 Å². The number of aryl methyl sites for hydroxylation is 2. The summed E-state index contributed by atoms with van der Waals surface area (Å²) >= 11 is 0. The number of hydrogen-bond donors (Lipinski definition) is 0. The van der Waals surface area contributed by atoms with Crippen LogP contribution >= 0.6 is 10.7 Å². The molecular formula is C10H11ClN2O2S. The second-order valence-corrected chi connectivity index (χ2v) is 6.05. The van der Waals surface area contributed by atoms with Crippen molar-refractivity contribution < 1.29 is 8.42 Å². The summed E-state index contributed by atoms with van der Waals surface area (Å²) in [4.78, 5) is 0.0713. The quantitative estimate of drug-likeness (QED) is 0.775. The molecule has 0 aliphatic heterocycles. The fourth-order valence-electron chi connectivity index (χ4n) is 1.86. The molecule has 0 N–H and O–H groups in total. The first-order valence-corrected chi connectivity index (χ1v) is 7.15. The maximum Gasteiger partial charge on any atom is 0.263 e. The van der Waals surface area contributed by atoms with Crippen molar-refractivity contribution in [2.24, 2.45) is 7.05 Å². The molecule has 1 aromatic carbocycles. The zero-order chi connectivity index (χ0) is 11.9. The van der Waals surface area contributed by atoms with E-state index < -0.39 is 9.05 Å². The summed E-state index contributed by atoms with van der Waals surface area (Å²) in [6, 6.07) is 5.00. The molecule has 0 atom stereocenters. The van der Waals surface area contributed by atoms with Crippen molar-refractivity contribution in [3.8, 4) is 0 Å². The third-order valence-electron chi connectivity index (χ3n) is 2.55. The minimum atomic E-state index is -3.74. The van der Waals surface area contributed by atoms with Gasteiger partial charge in [0, 0.05) is 28.8 Å². The van der Waals surface area contributed by atoms with Crippen LogP contribution < -0.4 is 0 Å². The van der Waals surface area contributed by atoms with E-state index in [-0.39, 0.29) is 4.90 Å². The Morgan fingerprint density at radius 1 is 1.44 bits per heavy atom. The third-order valence-corrected chi connectivity index (χ3v) is 3.90. The zero-order valence-electron chi connectivity index (χ0n) is 8.94. The molecule has 4 nitrogen and oxygen atoms in total. The first-order chi connectivity index (χ1) is 7.45. The topological polar surface area (TPSA) is 52.0 Å². The fourth-order valence-corrected chi connectivity index (χ4v) is 2.86. The van der Waals surface area contributed by atoms with Crippen LogP contribution in [0.1, 0.15) is 12.6 Å². The van der Waals surface area contributed by atoms with Crippen LogP contribution in [0.5, 0.6) is 0 Å². The molecule has 0 aliphatic rings. The van der Waals surface area contributed by atoms with Gasteiger partial charge in [0.05, 0.1) is 0 Å². The van der Waals surface area contributed by atoms with Crippen molar-refractivity contribution in [3.63, 3.8) is 0 Å². The summed E-state index contributed by atoms with van der Waals surface area (Å²) in [5.41, 5.74) is 1.44. The van der Waals surface area contributed by atoms with Gasteiger partial charge in [0.25, 0.3) is 9.05 Å². The monoisotopic (exact) mass is 258 g/mol. The maximum atomic E-state index is 11.4. The lowest BCUT2D eigenvalue weighted by Gasteiger charge is -1.97. The molecule has 2 aromatic rings.